The van der Waals surface area contributed by atoms with Crippen LogP contribution in [0.2, 0.25) is 0 Å². The number of nitrogens with zero attached hydrogens (tertiary/aromatic N) is 2. The maximum Gasteiger partial charge on any atom is 0.244 e. The first kappa shape index (κ1) is 30.4. The minimum Gasteiger partial charge on any atom is -0.497 e. The van der Waals surface area contributed by atoms with Gasteiger partial charge in [0.2, 0.25) is 21.8 Å². The Kier molecular flexibility index (Phi) is 8.88. The summed E-state index contributed by atoms with van der Waals surface area (Å²) in [5, 5.41) is 2.83. The highest BCUT2D eigenvalue weighted by molar-refractivity contribution is 7.92. The molecule has 4 fully saturated rings. The van der Waals surface area contributed by atoms with Crippen molar-refractivity contribution in [1.82, 2.24) is 10.2 Å². The van der Waals surface area contributed by atoms with Crippen molar-refractivity contribution in [1.29, 1.82) is 0 Å². The highest BCUT2D eigenvalue weighted by Gasteiger charge is 2.51. The number of hydrogen-bond acceptors (Lipinski definition) is 5. The molecule has 4 saturated carbocycles. The van der Waals surface area contributed by atoms with Crippen LogP contribution in [0.1, 0.15) is 69.9 Å². The molecule has 4 aliphatic rings. The lowest BCUT2D eigenvalue weighted by atomic mass is 9.48. The monoisotopic (exact) mass is 595 g/mol. The Morgan fingerprint density at radius 2 is 1.62 bits per heavy atom. The summed E-state index contributed by atoms with van der Waals surface area (Å²) >= 11 is 0. The first-order valence-electron chi connectivity index (χ1n) is 15.3. The molecule has 0 heterocycles. The summed E-state index contributed by atoms with van der Waals surface area (Å²) in [4.78, 5) is 28.5. The third kappa shape index (κ3) is 6.31. The van der Waals surface area contributed by atoms with E-state index in [-0.39, 0.29) is 17.9 Å². The van der Waals surface area contributed by atoms with Crippen LogP contribution in [0.5, 0.6) is 5.75 Å². The van der Waals surface area contributed by atoms with Gasteiger partial charge in [-0.1, -0.05) is 31.2 Å². The first-order valence-corrected chi connectivity index (χ1v) is 17.2. The molecule has 0 aromatic heterocycles. The van der Waals surface area contributed by atoms with Gasteiger partial charge in [0.25, 0.3) is 0 Å². The molecule has 9 heteroatoms. The quantitative estimate of drug-likeness (QED) is 0.378. The van der Waals surface area contributed by atoms with E-state index in [1.165, 1.54) is 53.3 Å². The zero-order valence-corrected chi connectivity index (χ0v) is 26.2. The van der Waals surface area contributed by atoms with Gasteiger partial charge in [-0.25, -0.2) is 8.42 Å². The van der Waals surface area contributed by atoms with Gasteiger partial charge in [0, 0.05) is 13.1 Å². The van der Waals surface area contributed by atoms with Crippen molar-refractivity contribution in [3.05, 3.63) is 59.7 Å². The number of anilines is 1. The molecule has 4 bridgehead atoms. The maximum atomic E-state index is 13.9. The SMILES string of the molecule is CCNC(=O)[C@H](CC)N(Cc1cccc(OC)c1)C(=O)CN(c1ccc(C23CC4CC(CC(C4)C2)C3)cc1)S(C)(=O)=O. The van der Waals surface area contributed by atoms with E-state index in [0.29, 0.717) is 24.4 Å². The molecule has 228 valence electrons. The van der Waals surface area contributed by atoms with Gasteiger partial charge in [-0.05, 0) is 110 Å². The van der Waals surface area contributed by atoms with E-state index in [4.69, 9.17) is 4.74 Å². The molecule has 2 amide bonds. The van der Waals surface area contributed by atoms with E-state index in [2.05, 4.69) is 17.4 Å². The van der Waals surface area contributed by atoms with E-state index >= 15 is 0 Å². The highest BCUT2D eigenvalue weighted by atomic mass is 32.2. The van der Waals surface area contributed by atoms with E-state index in [1.807, 2.05) is 50.2 Å². The molecule has 0 spiro atoms. The molecule has 1 atom stereocenters. The second-order valence-electron chi connectivity index (χ2n) is 12.7. The van der Waals surface area contributed by atoms with Crippen LogP contribution >= 0.6 is 0 Å². The number of carbonyl (C=O) groups is 2. The number of hydrogen-bond donors (Lipinski definition) is 1. The van der Waals surface area contributed by atoms with Gasteiger partial charge >= 0.3 is 0 Å². The van der Waals surface area contributed by atoms with Gasteiger partial charge in [0.05, 0.1) is 19.1 Å². The van der Waals surface area contributed by atoms with Crippen molar-refractivity contribution in [3.8, 4) is 5.75 Å². The molecule has 0 aliphatic heterocycles. The first-order chi connectivity index (χ1) is 20.0. The average molecular weight is 596 g/mol. The van der Waals surface area contributed by atoms with Crippen LogP contribution in [0.15, 0.2) is 48.5 Å². The molecule has 0 saturated heterocycles. The van der Waals surface area contributed by atoms with Gasteiger partial charge in [0.1, 0.15) is 18.3 Å². The Labute approximate surface area is 250 Å². The van der Waals surface area contributed by atoms with Crippen LogP contribution in [-0.4, -0.2) is 57.6 Å². The van der Waals surface area contributed by atoms with Crippen molar-refractivity contribution in [2.24, 2.45) is 17.8 Å². The van der Waals surface area contributed by atoms with Crippen LogP contribution in [0.25, 0.3) is 0 Å². The van der Waals surface area contributed by atoms with Gasteiger partial charge in [0.15, 0.2) is 0 Å². The lowest BCUT2D eigenvalue weighted by molar-refractivity contribution is -0.140. The number of carbonyl (C=O) groups excluding carboxylic acids is 2. The van der Waals surface area contributed by atoms with E-state index in [9.17, 15) is 18.0 Å². The predicted molar refractivity (Wildman–Crippen MR) is 165 cm³/mol. The smallest absolute Gasteiger partial charge is 0.244 e. The molecule has 0 radical (unpaired) electrons. The summed E-state index contributed by atoms with van der Waals surface area (Å²) < 4.78 is 32.7. The zero-order valence-electron chi connectivity index (χ0n) is 25.3. The van der Waals surface area contributed by atoms with Crippen molar-refractivity contribution in [3.63, 3.8) is 0 Å². The summed E-state index contributed by atoms with van der Waals surface area (Å²) in [6.07, 6.45) is 9.28. The van der Waals surface area contributed by atoms with E-state index in [0.717, 1.165) is 29.6 Å². The Balaban J connectivity index is 1.41. The minimum atomic E-state index is -3.79. The van der Waals surface area contributed by atoms with Crippen LogP contribution in [0.4, 0.5) is 5.69 Å². The molecule has 42 heavy (non-hydrogen) atoms. The zero-order chi connectivity index (χ0) is 30.1. The van der Waals surface area contributed by atoms with Gasteiger partial charge in [-0.2, -0.15) is 0 Å². The van der Waals surface area contributed by atoms with Crippen molar-refractivity contribution in [2.45, 2.75) is 76.8 Å². The van der Waals surface area contributed by atoms with E-state index < -0.39 is 28.5 Å². The summed E-state index contributed by atoms with van der Waals surface area (Å²) in [6, 6.07) is 14.5. The van der Waals surface area contributed by atoms with Crippen LogP contribution in [0.3, 0.4) is 0 Å². The van der Waals surface area contributed by atoms with Crippen LogP contribution < -0.4 is 14.4 Å². The minimum absolute atomic E-state index is 0.147. The second kappa shape index (κ2) is 12.3. The lowest BCUT2D eigenvalue weighted by Gasteiger charge is -2.57. The maximum absolute atomic E-state index is 13.9. The van der Waals surface area contributed by atoms with E-state index in [1.54, 1.807) is 7.11 Å². The molecule has 8 nitrogen and oxygen atoms in total. The Bertz CT molecular complexity index is 1360. The fourth-order valence-electron chi connectivity index (χ4n) is 8.24. The van der Waals surface area contributed by atoms with Crippen molar-refractivity contribution < 1.29 is 22.7 Å². The standard InChI is InChI=1S/C33H45N3O5S/c1-5-30(32(38)34-6-2)35(21-23-8-7-9-29(17-23)41-3)31(37)22-36(42(4,39)40)28-12-10-27(11-13-28)33-18-24-14-25(19-33)16-26(15-24)20-33/h7-13,17,24-26,30H,5-6,14-16,18-22H2,1-4H3,(H,34,38)/t24?,25?,26?,30-,33?/m0/s1. The topological polar surface area (TPSA) is 96.0 Å². The summed E-state index contributed by atoms with van der Waals surface area (Å²) in [5.41, 5.74) is 2.75. The van der Waals surface area contributed by atoms with Gasteiger partial charge in [-0.3, -0.25) is 13.9 Å². The molecule has 2 aromatic carbocycles. The molecular weight excluding hydrogens is 550 g/mol. The lowest BCUT2D eigenvalue weighted by Crippen LogP contribution is -2.52. The van der Waals surface area contributed by atoms with Crippen LogP contribution in [-0.2, 0) is 31.6 Å². The molecule has 4 aliphatic carbocycles. The molecule has 2 aromatic rings. The summed E-state index contributed by atoms with van der Waals surface area (Å²) in [5.74, 6) is 2.38. The Morgan fingerprint density at radius 1 is 1.00 bits per heavy atom. The number of ether oxygens (including phenoxy) is 1. The number of rotatable bonds is 12. The molecule has 0 unspecified atom stereocenters. The Morgan fingerprint density at radius 3 is 2.14 bits per heavy atom. The fraction of sp³-hybridized carbons (Fsp3) is 0.576. The number of benzene rings is 2. The normalized spacial score (nSPS) is 25.1. The number of amides is 2. The average Bonchev–Trinajstić information content (AvgIpc) is 2.95. The number of nitrogens with one attached hydrogen (secondary N) is 1. The molecule has 1 N–H and O–H groups in total. The number of methoxy groups -OCH3 is 1. The largest absolute Gasteiger partial charge is 0.497 e. The second-order valence-corrected chi connectivity index (χ2v) is 14.6. The number of likely N-dealkylation sites (N-methyl/N-ethyl adjacent to an activating group) is 1. The third-order valence-electron chi connectivity index (χ3n) is 9.71. The van der Waals surface area contributed by atoms with Gasteiger partial charge in [-0.15, -0.1) is 0 Å². The summed E-state index contributed by atoms with van der Waals surface area (Å²) in [6.45, 7) is 3.87. The summed E-state index contributed by atoms with van der Waals surface area (Å²) in [7, 11) is -2.21. The Hall–Kier alpha value is -3.07. The molecular formula is C33H45N3O5S. The predicted octanol–water partition coefficient (Wildman–Crippen LogP) is 4.87. The molecule has 6 rings (SSSR count). The van der Waals surface area contributed by atoms with Crippen molar-refractivity contribution in [2.75, 3.05) is 30.8 Å². The van der Waals surface area contributed by atoms with Gasteiger partial charge < -0.3 is 15.0 Å². The van der Waals surface area contributed by atoms with Crippen molar-refractivity contribution >= 4 is 27.5 Å². The third-order valence-corrected chi connectivity index (χ3v) is 10.8. The number of sulfonamides is 1. The highest BCUT2D eigenvalue weighted by Crippen LogP contribution is 2.60. The fourth-order valence-corrected chi connectivity index (χ4v) is 9.09. The van der Waals surface area contributed by atoms with Crippen LogP contribution in [0, 0.1) is 17.8 Å².